The van der Waals surface area contributed by atoms with Crippen molar-refractivity contribution in [2.75, 3.05) is 31.1 Å². The summed E-state index contributed by atoms with van der Waals surface area (Å²) in [5, 5.41) is 21.6. The van der Waals surface area contributed by atoms with Crippen LogP contribution in [0.5, 0.6) is 0 Å². The van der Waals surface area contributed by atoms with Gasteiger partial charge in [0, 0.05) is 49.2 Å². The molecule has 0 amide bonds. The molecular formula is C20H22N6O. The molecule has 0 unspecified atom stereocenters. The molecule has 2 aliphatic rings. The number of likely N-dealkylation sites (tertiary alicyclic amines) is 1. The number of nitriles is 1. The van der Waals surface area contributed by atoms with Crippen LogP contribution in [-0.4, -0.2) is 63.3 Å². The number of aromatic nitrogens is 3. The highest BCUT2D eigenvalue weighted by Crippen LogP contribution is 2.36. The predicted octanol–water partition coefficient (Wildman–Crippen LogP) is 2.02. The summed E-state index contributed by atoms with van der Waals surface area (Å²) in [7, 11) is 0. The first kappa shape index (κ1) is 16.5. The van der Waals surface area contributed by atoms with Crippen molar-refractivity contribution in [3.05, 3.63) is 30.2 Å². The van der Waals surface area contributed by atoms with Crippen molar-refractivity contribution in [1.82, 2.24) is 19.9 Å². The third-order valence-electron chi connectivity index (χ3n) is 5.98. The molecule has 2 aliphatic heterocycles. The molecule has 0 radical (unpaired) electrons. The molecule has 5 rings (SSSR count). The molecule has 7 nitrogen and oxygen atoms in total. The lowest BCUT2D eigenvalue weighted by Gasteiger charge is -2.38. The third kappa shape index (κ3) is 2.73. The van der Waals surface area contributed by atoms with E-state index in [0.717, 1.165) is 73.1 Å². The van der Waals surface area contributed by atoms with E-state index in [1.54, 1.807) is 12.4 Å². The summed E-state index contributed by atoms with van der Waals surface area (Å²) in [6.07, 6.45) is 6.28. The number of aliphatic hydroxyl groups is 1. The van der Waals surface area contributed by atoms with Crippen LogP contribution in [0.2, 0.25) is 0 Å². The summed E-state index contributed by atoms with van der Waals surface area (Å²) >= 11 is 0. The highest BCUT2D eigenvalue weighted by molar-refractivity contribution is 6.13. The number of rotatable bonds is 2. The first-order valence-corrected chi connectivity index (χ1v) is 9.57. The van der Waals surface area contributed by atoms with Gasteiger partial charge in [0.15, 0.2) is 5.69 Å². The first-order valence-electron chi connectivity index (χ1n) is 9.57. The van der Waals surface area contributed by atoms with Crippen LogP contribution in [0.4, 0.5) is 5.69 Å². The molecule has 0 aliphatic carbocycles. The Bertz CT molecular complexity index is 1030. The van der Waals surface area contributed by atoms with Gasteiger partial charge in [0.1, 0.15) is 11.7 Å². The molecule has 138 valence electrons. The minimum Gasteiger partial charge on any atom is -0.392 e. The van der Waals surface area contributed by atoms with Gasteiger partial charge in [0.2, 0.25) is 0 Å². The molecule has 1 atom stereocenters. The van der Waals surface area contributed by atoms with Crippen LogP contribution in [0, 0.1) is 11.3 Å². The number of aliphatic hydroxyl groups excluding tert-OH is 1. The van der Waals surface area contributed by atoms with Gasteiger partial charge in [0.05, 0.1) is 23.5 Å². The van der Waals surface area contributed by atoms with E-state index in [0.29, 0.717) is 11.7 Å². The van der Waals surface area contributed by atoms with Crippen LogP contribution in [-0.2, 0) is 0 Å². The summed E-state index contributed by atoms with van der Waals surface area (Å²) in [6, 6.07) is 6.77. The number of fused-ring (bicyclic) bond motifs is 3. The summed E-state index contributed by atoms with van der Waals surface area (Å²) in [6.45, 7) is 3.55. The second-order valence-corrected chi connectivity index (χ2v) is 7.54. The van der Waals surface area contributed by atoms with E-state index in [-0.39, 0.29) is 6.10 Å². The van der Waals surface area contributed by atoms with Crippen LogP contribution in [0.25, 0.3) is 21.9 Å². The molecule has 0 bridgehead atoms. The monoisotopic (exact) mass is 362 g/mol. The van der Waals surface area contributed by atoms with Gasteiger partial charge in [-0.05, 0) is 31.4 Å². The fourth-order valence-corrected chi connectivity index (χ4v) is 4.65. The Kier molecular flexibility index (Phi) is 3.96. The van der Waals surface area contributed by atoms with E-state index < -0.39 is 0 Å². The zero-order valence-corrected chi connectivity index (χ0v) is 15.1. The number of H-pyrrole nitrogens is 1. The fraction of sp³-hybridized carbons (Fsp3) is 0.450. The molecule has 27 heavy (non-hydrogen) atoms. The molecule has 2 saturated heterocycles. The summed E-state index contributed by atoms with van der Waals surface area (Å²) < 4.78 is 0. The van der Waals surface area contributed by atoms with E-state index in [9.17, 15) is 10.4 Å². The maximum atomic E-state index is 9.82. The highest BCUT2D eigenvalue weighted by Gasteiger charge is 2.31. The van der Waals surface area contributed by atoms with E-state index in [1.165, 1.54) is 0 Å². The molecule has 0 saturated carbocycles. The second-order valence-electron chi connectivity index (χ2n) is 7.54. The number of nitrogens with zero attached hydrogens (tertiary/aromatic N) is 5. The largest absolute Gasteiger partial charge is 0.392 e. The van der Waals surface area contributed by atoms with Crippen molar-refractivity contribution < 1.29 is 5.11 Å². The first-order chi connectivity index (χ1) is 13.2. The Morgan fingerprint density at radius 2 is 2.04 bits per heavy atom. The van der Waals surface area contributed by atoms with Crippen molar-refractivity contribution in [2.45, 2.75) is 31.4 Å². The SMILES string of the molecule is N#Cc1ncc2[nH]c3ncccc3c2c1N1CCC(N2CC[C@H](O)C2)CC1. The van der Waals surface area contributed by atoms with E-state index in [4.69, 9.17) is 0 Å². The van der Waals surface area contributed by atoms with Crippen molar-refractivity contribution in [1.29, 1.82) is 5.26 Å². The molecule has 3 aromatic rings. The quantitative estimate of drug-likeness (QED) is 0.725. The molecule has 5 heterocycles. The minimum atomic E-state index is -0.176. The van der Waals surface area contributed by atoms with Crippen LogP contribution in [0.15, 0.2) is 24.5 Å². The van der Waals surface area contributed by atoms with Crippen LogP contribution < -0.4 is 4.90 Å². The van der Waals surface area contributed by atoms with Gasteiger partial charge in [0.25, 0.3) is 0 Å². The molecule has 0 aromatic carbocycles. The number of hydrogen-bond acceptors (Lipinski definition) is 6. The van der Waals surface area contributed by atoms with E-state index >= 15 is 0 Å². The Morgan fingerprint density at radius 1 is 1.19 bits per heavy atom. The maximum Gasteiger partial charge on any atom is 0.164 e. The third-order valence-corrected chi connectivity index (χ3v) is 5.98. The second kappa shape index (κ2) is 6.48. The topological polar surface area (TPSA) is 92.1 Å². The minimum absolute atomic E-state index is 0.176. The zero-order valence-electron chi connectivity index (χ0n) is 15.1. The normalized spacial score (nSPS) is 21.9. The van der Waals surface area contributed by atoms with Gasteiger partial charge in [-0.1, -0.05) is 0 Å². The van der Waals surface area contributed by atoms with Gasteiger partial charge in [-0.25, -0.2) is 9.97 Å². The Balaban J connectivity index is 1.50. The number of pyridine rings is 2. The van der Waals surface area contributed by atoms with Crippen molar-refractivity contribution in [3.8, 4) is 6.07 Å². The number of nitrogens with one attached hydrogen (secondary N) is 1. The standard InChI is InChI=1S/C20H22N6O/c21-10-16-19(18-15-2-1-6-22-20(15)24-17(18)11-23-16)25-7-3-13(4-8-25)26-9-5-14(27)12-26/h1-2,6,11,13-14,27H,3-5,7-9,12H2,(H,22,24)/t14-/m0/s1. The summed E-state index contributed by atoms with van der Waals surface area (Å²) in [5.74, 6) is 0. The van der Waals surface area contributed by atoms with Gasteiger partial charge >= 0.3 is 0 Å². The molecule has 0 spiro atoms. The number of piperidine rings is 1. The van der Waals surface area contributed by atoms with Crippen molar-refractivity contribution in [2.24, 2.45) is 0 Å². The van der Waals surface area contributed by atoms with Crippen molar-refractivity contribution in [3.63, 3.8) is 0 Å². The Labute approximate surface area is 157 Å². The van der Waals surface area contributed by atoms with Crippen molar-refractivity contribution >= 4 is 27.6 Å². The van der Waals surface area contributed by atoms with Crippen LogP contribution in [0.3, 0.4) is 0 Å². The lowest BCUT2D eigenvalue weighted by atomic mass is 10.0. The molecule has 2 N–H and O–H groups in total. The average molecular weight is 362 g/mol. The smallest absolute Gasteiger partial charge is 0.164 e. The Hall–Kier alpha value is -2.69. The zero-order chi connectivity index (χ0) is 18.4. The van der Waals surface area contributed by atoms with Crippen LogP contribution >= 0.6 is 0 Å². The number of anilines is 1. The molecular weight excluding hydrogens is 340 g/mol. The summed E-state index contributed by atoms with van der Waals surface area (Å²) in [4.78, 5) is 16.9. The van der Waals surface area contributed by atoms with Crippen LogP contribution in [0.1, 0.15) is 25.0 Å². The van der Waals surface area contributed by atoms with Gasteiger partial charge in [-0.3, -0.25) is 4.90 Å². The highest BCUT2D eigenvalue weighted by atomic mass is 16.3. The summed E-state index contributed by atoms with van der Waals surface area (Å²) in [5.41, 5.74) is 3.14. The average Bonchev–Trinajstić information content (AvgIpc) is 3.31. The molecule has 2 fully saturated rings. The lowest BCUT2D eigenvalue weighted by molar-refractivity contribution is 0.148. The Morgan fingerprint density at radius 3 is 2.78 bits per heavy atom. The van der Waals surface area contributed by atoms with E-state index in [2.05, 4.69) is 30.8 Å². The number of aromatic amines is 1. The fourth-order valence-electron chi connectivity index (χ4n) is 4.65. The lowest BCUT2D eigenvalue weighted by Crippen LogP contribution is -2.44. The van der Waals surface area contributed by atoms with Gasteiger partial charge in [-0.15, -0.1) is 0 Å². The maximum absolute atomic E-state index is 9.82. The molecule has 7 heteroatoms. The number of β-amino-alcohol motifs (C(OH)–C–C–N with tert-alkyl or cyclic N) is 1. The van der Waals surface area contributed by atoms with Gasteiger partial charge < -0.3 is 15.0 Å². The number of hydrogen-bond donors (Lipinski definition) is 2. The molecule has 3 aromatic heterocycles. The van der Waals surface area contributed by atoms with Gasteiger partial charge in [-0.2, -0.15) is 5.26 Å². The predicted molar refractivity (Wildman–Crippen MR) is 104 cm³/mol. The van der Waals surface area contributed by atoms with E-state index in [1.807, 2.05) is 12.1 Å².